The Morgan fingerprint density at radius 2 is 2.25 bits per heavy atom. The minimum atomic E-state index is 0.184. The molecule has 5 heteroatoms. The number of rotatable bonds is 2. The Kier molecular flexibility index (Phi) is 2.88. The number of hydrogen-bond acceptors (Lipinski definition) is 5. The van der Waals surface area contributed by atoms with Crippen LogP contribution in [0.1, 0.15) is 37.8 Å². The van der Waals surface area contributed by atoms with Crippen LogP contribution in [0.3, 0.4) is 0 Å². The molecule has 0 fully saturated rings. The van der Waals surface area contributed by atoms with Crippen LogP contribution >= 0.6 is 11.3 Å². The molecule has 0 amide bonds. The zero-order valence-electron chi connectivity index (χ0n) is 9.91. The minimum Gasteiger partial charge on any atom is -0.396 e. The summed E-state index contributed by atoms with van der Waals surface area (Å²) in [6, 6.07) is 0. The summed E-state index contributed by atoms with van der Waals surface area (Å²) in [6.07, 6.45) is 1.88. The first kappa shape index (κ1) is 11.4. The van der Waals surface area contributed by atoms with E-state index in [1.54, 1.807) is 0 Å². The summed E-state index contributed by atoms with van der Waals surface area (Å²) in [4.78, 5) is 10.6. The van der Waals surface area contributed by atoms with Crippen LogP contribution in [-0.4, -0.2) is 17.3 Å². The smallest absolute Gasteiger partial charge is 0.180 e. The second kappa shape index (κ2) is 4.05. The molecule has 0 bridgehead atoms. The van der Waals surface area contributed by atoms with E-state index in [1.807, 2.05) is 6.92 Å². The number of anilines is 1. The SMILES string of the molecule is CCO/N=C1\CC(C)(C)Cc2nc(N)sc21. The minimum absolute atomic E-state index is 0.184. The molecule has 0 spiro atoms. The third kappa shape index (κ3) is 2.19. The second-order valence-electron chi connectivity index (χ2n) is 4.80. The molecule has 2 rings (SSSR count). The standard InChI is InChI=1S/C11H17N3OS/c1-4-15-14-8-6-11(2,3)5-7-9(8)16-10(12)13-7/h4-6H2,1-3H3,(H2,12,13)/b14-8+. The number of fused-ring (bicyclic) bond motifs is 1. The van der Waals surface area contributed by atoms with Gasteiger partial charge < -0.3 is 10.6 Å². The maximum atomic E-state index is 5.75. The van der Waals surface area contributed by atoms with Crippen molar-refractivity contribution in [1.29, 1.82) is 0 Å². The average Bonchev–Trinajstić information content (AvgIpc) is 2.53. The Bertz CT molecular complexity index is 423. The van der Waals surface area contributed by atoms with Crippen LogP contribution in [0, 0.1) is 5.41 Å². The van der Waals surface area contributed by atoms with E-state index in [1.165, 1.54) is 11.3 Å². The fourth-order valence-corrected chi connectivity index (χ4v) is 2.81. The van der Waals surface area contributed by atoms with Gasteiger partial charge in [0.2, 0.25) is 0 Å². The van der Waals surface area contributed by atoms with E-state index in [9.17, 15) is 0 Å². The van der Waals surface area contributed by atoms with Gasteiger partial charge in [-0.3, -0.25) is 0 Å². The molecule has 4 nitrogen and oxygen atoms in total. The molecule has 2 N–H and O–H groups in total. The van der Waals surface area contributed by atoms with Gasteiger partial charge in [0, 0.05) is 0 Å². The number of aromatic nitrogens is 1. The normalized spacial score (nSPS) is 20.8. The summed E-state index contributed by atoms with van der Waals surface area (Å²) in [5, 5.41) is 4.80. The maximum absolute atomic E-state index is 5.75. The number of nitrogens with two attached hydrogens (primary N) is 1. The van der Waals surface area contributed by atoms with Gasteiger partial charge in [0.1, 0.15) is 6.61 Å². The van der Waals surface area contributed by atoms with Gasteiger partial charge in [0.05, 0.1) is 16.3 Å². The van der Waals surface area contributed by atoms with Gasteiger partial charge >= 0.3 is 0 Å². The highest BCUT2D eigenvalue weighted by molar-refractivity contribution is 7.17. The lowest BCUT2D eigenvalue weighted by atomic mass is 9.78. The molecule has 0 saturated heterocycles. The van der Waals surface area contributed by atoms with Crippen LogP contribution in [0.15, 0.2) is 5.16 Å². The van der Waals surface area contributed by atoms with Crippen LogP contribution in [0.4, 0.5) is 5.13 Å². The van der Waals surface area contributed by atoms with E-state index < -0.39 is 0 Å². The Labute approximate surface area is 99.5 Å². The van der Waals surface area contributed by atoms with Crippen molar-refractivity contribution in [3.8, 4) is 0 Å². The predicted molar refractivity (Wildman–Crippen MR) is 66.8 cm³/mol. The van der Waals surface area contributed by atoms with Crippen molar-refractivity contribution in [3.63, 3.8) is 0 Å². The molecular weight excluding hydrogens is 222 g/mol. The monoisotopic (exact) mass is 239 g/mol. The first-order valence-corrected chi connectivity index (χ1v) is 6.28. The van der Waals surface area contributed by atoms with E-state index >= 15 is 0 Å². The van der Waals surface area contributed by atoms with Crippen molar-refractivity contribution in [1.82, 2.24) is 4.98 Å². The lowest BCUT2D eigenvalue weighted by Gasteiger charge is -2.28. The third-order valence-electron chi connectivity index (χ3n) is 2.57. The van der Waals surface area contributed by atoms with E-state index in [0.29, 0.717) is 11.7 Å². The summed E-state index contributed by atoms with van der Waals surface area (Å²) in [5.74, 6) is 0. The highest BCUT2D eigenvalue weighted by atomic mass is 32.1. The Morgan fingerprint density at radius 1 is 1.50 bits per heavy atom. The molecule has 1 aliphatic rings. The zero-order valence-corrected chi connectivity index (χ0v) is 10.7. The van der Waals surface area contributed by atoms with Gasteiger partial charge in [0.25, 0.3) is 0 Å². The molecule has 0 unspecified atom stereocenters. The zero-order chi connectivity index (χ0) is 11.8. The summed E-state index contributed by atoms with van der Waals surface area (Å²) in [6.45, 7) is 6.95. The fourth-order valence-electron chi connectivity index (χ4n) is 1.98. The van der Waals surface area contributed by atoms with Crippen molar-refractivity contribution in [3.05, 3.63) is 10.6 Å². The maximum Gasteiger partial charge on any atom is 0.180 e. The van der Waals surface area contributed by atoms with Crippen LogP contribution in [0.5, 0.6) is 0 Å². The average molecular weight is 239 g/mol. The van der Waals surface area contributed by atoms with Crippen molar-refractivity contribution in [2.24, 2.45) is 10.6 Å². The van der Waals surface area contributed by atoms with Crippen LogP contribution in [0.2, 0.25) is 0 Å². The van der Waals surface area contributed by atoms with E-state index in [-0.39, 0.29) is 5.41 Å². The lowest BCUT2D eigenvalue weighted by molar-refractivity contribution is 0.156. The molecule has 0 aromatic carbocycles. The molecule has 0 atom stereocenters. The molecule has 0 aliphatic heterocycles. The van der Waals surface area contributed by atoms with Crippen LogP contribution < -0.4 is 5.73 Å². The predicted octanol–water partition coefficient (Wildman–Crippen LogP) is 2.44. The highest BCUT2D eigenvalue weighted by Gasteiger charge is 2.32. The second-order valence-corrected chi connectivity index (χ2v) is 5.83. The largest absolute Gasteiger partial charge is 0.396 e. The van der Waals surface area contributed by atoms with Gasteiger partial charge in [-0.15, -0.1) is 0 Å². The van der Waals surface area contributed by atoms with Gasteiger partial charge in [-0.2, -0.15) is 0 Å². The Morgan fingerprint density at radius 3 is 2.94 bits per heavy atom. The summed E-state index contributed by atoms with van der Waals surface area (Å²) in [7, 11) is 0. The van der Waals surface area contributed by atoms with Gasteiger partial charge in [0.15, 0.2) is 5.13 Å². The van der Waals surface area contributed by atoms with Crippen molar-refractivity contribution in [2.45, 2.75) is 33.6 Å². The molecule has 0 radical (unpaired) electrons. The van der Waals surface area contributed by atoms with Gasteiger partial charge in [-0.05, 0) is 25.2 Å². The summed E-state index contributed by atoms with van der Waals surface area (Å²) >= 11 is 1.51. The molecule has 0 saturated carbocycles. The van der Waals surface area contributed by atoms with E-state index in [2.05, 4.69) is 24.0 Å². The van der Waals surface area contributed by atoms with Crippen molar-refractivity contribution in [2.75, 3.05) is 12.3 Å². The number of nitrogens with zero attached hydrogens (tertiary/aromatic N) is 2. The van der Waals surface area contributed by atoms with Crippen LogP contribution in [-0.2, 0) is 11.3 Å². The molecule has 16 heavy (non-hydrogen) atoms. The van der Waals surface area contributed by atoms with Crippen LogP contribution in [0.25, 0.3) is 0 Å². The molecule has 88 valence electrons. The Hall–Kier alpha value is -1.10. The van der Waals surface area contributed by atoms with Gasteiger partial charge in [-0.1, -0.05) is 30.3 Å². The molecule has 1 aromatic rings. The Balaban J connectivity index is 2.39. The fraction of sp³-hybridized carbons (Fsp3) is 0.636. The summed E-state index contributed by atoms with van der Waals surface area (Å²) in [5.41, 5.74) is 7.99. The topological polar surface area (TPSA) is 60.5 Å². The van der Waals surface area contributed by atoms with E-state index in [0.717, 1.165) is 29.1 Å². The number of thiazole rings is 1. The lowest BCUT2D eigenvalue weighted by Crippen LogP contribution is -2.26. The highest BCUT2D eigenvalue weighted by Crippen LogP contribution is 2.38. The molecule has 1 aromatic heterocycles. The first-order valence-electron chi connectivity index (χ1n) is 5.46. The summed E-state index contributed by atoms with van der Waals surface area (Å²) < 4.78 is 0. The number of oxime groups is 1. The number of nitrogen functional groups attached to an aromatic ring is 1. The van der Waals surface area contributed by atoms with Crippen molar-refractivity contribution < 1.29 is 4.84 Å². The van der Waals surface area contributed by atoms with Crippen molar-refractivity contribution >= 4 is 22.2 Å². The third-order valence-corrected chi connectivity index (χ3v) is 3.55. The molecular formula is C11H17N3OS. The molecule has 1 aliphatic carbocycles. The van der Waals surface area contributed by atoms with Gasteiger partial charge in [-0.25, -0.2) is 4.98 Å². The number of hydrogen-bond donors (Lipinski definition) is 1. The molecule has 1 heterocycles. The quantitative estimate of drug-likeness (QED) is 0.806. The first-order chi connectivity index (χ1) is 7.52. The van der Waals surface area contributed by atoms with E-state index in [4.69, 9.17) is 10.6 Å².